The van der Waals surface area contributed by atoms with E-state index in [0.717, 1.165) is 38.5 Å². The monoisotopic (exact) mass is 418 g/mol. The Morgan fingerprint density at radius 1 is 0.968 bits per heavy atom. The van der Waals surface area contributed by atoms with Gasteiger partial charge in [0.2, 0.25) is 0 Å². The van der Waals surface area contributed by atoms with Crippen LogP contribution in [-0.4, -0.2) is 31.5 Å². The lowest BCUT2D eigenvalue weighted by atomic mass is 10.1. The van der Waals surface area contributed by atoms with Crippen LogP contribution in [0.3, 0.4) is 0 Å². The van der Waals surface area contributed by atoms with Crippen molar-refractivity contribution in [2.75, 3.05) is 6.54 Å². The van der Waals surface area contributed by atoms with E-state index >= 15 is 0 Å². The number of fused-ring (bicyclic) bond motifs is 1. The molecule has 3 heterocycles. The summed E-state index contributed by atoms with van der Waals surface area (Å²) in [5.41, 5.74) is 0.486. The summed E-state index contributed by atoms with van der Waals surface area (Å²) in [5.74, 6) is 0.373. The Balaban J connectivity index is 1.64. The smallest absolute Gasteiger partial charge is 0.263 e. The molecule has 1 unspecified atom stereocenters. The van der Waals surface area contributed by atoms with Gasteiger partial charge in [-0.15, -0.1) is 0 Å². The molecule has 0 spiro atoms. The van der Waals surface area contributed by atoms with Crippen LogP contribution in [0.25, 0.3) is 10.9 Å². The Kier molecular flexibility index (Phi) is 4.96. The molecular formula is C24H26N4O3. The summed E-state index contributed by atoms with van der Waals surface area (Å²) in [6, 6.07) is 10.5. The predicted molar refractivity (Wildman–Crippen MR) is 118 cm³/mol. The molecule has 0 bridgehead atoms. The van der Waals surface area contributed by atoms with E-state index in [1.54, 1.807) is 30.3 Å². The first-order chi connectivity index (χ1) is 15.1. The second-order valence-corrected chi connectivity index (χ2v) is 8.60. The highest BCUT2D eigenvalue weighted by molar-refractivity contribution is 5.94. The van der Waals surface area contributed by atoms with Gasteiger partial charge in [0.25, 0.3) is 17.0 Å². The van der Waals surface area contributed by atoms with Crippen LogP contribution in [0.2, 0.25) is 0 Å². The number of carbonyl (C=O) groups is 1. The number of para-hydroxylation sites is 1. The second kappa shape index (κ2) is 7.80. The average Bonchev–Trinajstić information content (AvgIpc) is 3.47. The number of hydrogen-bond donors (Lipinski definition) is 0. The van der Waals surface area contributed by atoms with Crippen molar-refractivity contribution in [2.24, 2.45) is 7.05 Å². The third kappa shape index (κ3) is 3.28. The molecule has 2 aliphatic rings. The molecule has 7 heteroatoms. The second-order valence-electron chi connectivity index (χ2n) is 8.60. The molecule has 160 valence electrons. The lowest BCUT2D eigenvalue weighted by Gasteiger charge is -2.28. The lowest BCUT2D eigenvalue weighted by Crippen LogP contribution is -2.39. The van der Waals surface area contributed by atoms with Gasteiger partial charge in [-0.1, -0.05) is 25.0 Å². The summed E-state index contributed by atoms with van der Waals surface area (Å²) in [7, 11) is 1.64. The van der Waals surface area contributed by atoms with Crippen molar-refractivity contribution >= 4 is 16.8 Å². The number of benzene rings is 1. The third-order valence-corrected chi connectivity index (χ3v) is 6.69. The number of nitrogens with zero attached hydrogens (tertiary/aromatic N) is 4. The summed E-state index contributed by atoms with van der Waals surface area (Å²) in [5, 5.41) is 0.617. The minimum Gasteiger partial charge on any atom is -0.328 e. The van der Waals surface area contributed by atoms with Gasteiger partial charge in [-0.2, -0.15) is 0 Å². The van der Waals surface area contributed by atoms with Gasteiger partial charge < -0.3 is 9.47 Å². The van der Waals surface area contributed by atoms with E-state index in [-0.39, 0.29) is 34.7 Å². The molecule has 3 aromatic rings. The van der Waals surface area contributed by atoms with E-state index in [4.69, 9.17) is 4.98 Å². The fourth-order valence-electron chi connectivity index (χ4n) is 5.11. The number of pyridine rings is 1. The summed E-state index contributed by atoms with van der Waals surface area (Å²) in [4.78, 5) is 46.1. The third-order valence-electron chi connectivity index (χ3n) is 6.69. The topological polar surface area (TPSA) is 77.2 Å². The van der Waals surface area contributed by atoms with Crippen LogP contribution in [0.4, 0.5) is 0 Å². The maximum absolute atomic E-state index is 13.5. The van der Waals surface area contributed by atoms with Crippen molar-refractivity contribution in [2.45, 2.75) is 50.6 Å². The number of carbonyl (C=O) groups excluding carboxylic acids is 1. The number of hydrogen-bond acceptors (Lipinski definition) is 4. The van der Waals surface area contributed by atoms with Gasteiger partial charge in [-0.3, -0.25) is 19.0 Å². The number of likely N-dealkylation sites (tertiary alicyclic amines) is 1. The van der Waals surface area contributed by atoms with Crippen LogP contribution in [0.15, 0.2) is 52.2 Å². The van der Waals surface area contributed by atoms with E-state index in [9.17, 15) is 14.4 Å². The maximum Gasteiger partial charge on any atom is 0.263 e. The van der Waals surface area contributed by atoms with Gasteiger partial charge in [0.1, 0.15) is 11.4 Å². The average molecular weight is 418 g/mol. The van der Waals surface area contributed by atoms with Crippen LogP contribution >= 0.6 is 0 Å². The van der Waals surface area contributed by atoms with E-state index in [1.807, 2.05) is 28.8 Å². The fourth-order valence-corrected chi connectivity index (χ4v) is 5.11. The van der Waals surface area contributed by atoms with Gasteiger partial charge >= 0.3 is 0 Å². The first kappa shape index (κ1) is 19.7. The summed E-state index contributed by atoms with van der Waals surface area (Å²) in [6.45, 7) is 0.551. The van der Waals surface area contributed by atoms with Crippen LogP contribution in [0.5, 0.6) is 0 Å². The van der Waals surface area contributed by atoms with Crippen molar-refractivity contribution < 1.29 is 4.79 Å². The Morgan fingerprint density at radius 2 is 1.74 bits per heavy atom. The normalized spacial score (nSPS) is 19.4. The molecule has 2 aromatic heterocycles. The van der Waals surface area contributed by atoms with Crippen LogP contribution in [0, 0.1) is 0 Å². The molecule has 1 aromatic carbocycles. The highest BCUT2D eigenvalue weighted by Gasteiger charge is 2.36. The first-order valence-electron chi connectivity index (χ1n) is 11.0. The summed E-state index contributed by atoms with van der Waals surface area (Å²) in [6.07, 6.45) is 7.28. The zero-order valence-electron chi connectivity index (χ0n) is 17.7. The Morgan fingerprint density at radius 3 is 2.55 bits per heavy atom. The minimum absolute atomic E-state index is 0.0255. The molecule has 1 atom stereocenters. The SMILES string of the molecule is Cn1cccc(C(=O)N2CCCC2c2nc3ccccc3c(=O)n2C2CCCC2)c1=O. The number of aryl methyl sites for hydroxylation is 1. The minimum atomic E-state index is -0.310. The van der Waals surface area contributed by atoms with Crippen LogP contribution < -0.4 is 11.1 Å². The van der Waals surface area contributed by atoms with E-state index in [0.29, 0.717) is 23.3 Å². The van der Waals surface area contributed by atoms with E-state index < -0.39 is 0 Å². The molecule has 31 heavy (non-hydrogen) atoms. The van der Waals surface area contributed by atoms with Crippen molar-refractivity contribution in [1.29, 1.82) is 0 Å². The van der Waals surface area contributed by atoms with Crippen molar-refractivity contribution in [3.63, 3.8) is 0 Å². The molecular weight excluding hydrogens is 392 g/mol. The Bertz CT molecular complexity index is 1270. The van der Waals surface area contributed by atoms with Crippen LogP contribution in [-0.2, 0) is 7.05 Å². The molecule has 1 amide bonds. The maximum atomic E-state index is 13.5. The molecule has 5 rings (SSSR count). The highest BCUT2D eigenvalue weighted by atomic mass is 16.2. The molecule has 7 nitrogen and oxygen atoms in total. The Labute approximate surface area is 179 Å². The molecule has 2 fully saturated rings. The highest BCUT2D eigenvalue weighted by Crippen LogP contribution is 2.36. The zero-order chi connectivity index (χ0) is 21.5. The van der Waals surface area contributed by atoms with E-state index in [1.165, 1.54) is 4.57 Å². The van der Waals surface area contributed by atoms with Gasteiger partial charge in [0.15, 0.2) is 0 Å². The molecule has 1 aliphatic carbocycles. The number of amides is 1. The quantitative estimate of drug-likeness (QED) is 0.655. The standard InChI is InChI=1S/C24H26N4O3/c1-26-14-6-11-18(22(26)29)23(30)27-15-7-13-20(27)21-25-19-12-5-4-10-17(19)24(31)28(21)16-8-2-3-9-16/h4-6,10-12,14,16,20H,2-3,7-9,13,15H2,1H3. The summed E-state index contributed by atoms with van der Waals surface area (Å²) < 4.78 is 3.27. The predicted octanol–water partition coefficient (Wildman–Crippen LogP) is 3.19. The fraction of sp³-hybridized carbons (Fsp3) is 0.417. The number of rotatable bonds is 3. The van der Waals surface area contributed by atoms with Gasteiger partial charge in [0.05, 0.1) is 16.9 Å². The molecule has 1 aliphatic heterocycles. The van der Waals surface area contributed by atoms with E-state index in [2.05, 4.69) is 0 Å². The lowest BCUT2D eigenvalue weighted by molar-refractivity contribution is 0.0722. The molecule has 1 saturated carbocycles. The first-order valence-corrected chi connectivity index (χ1v) is 11.0. The van der Waals surface area contributed by atoms with Gasteiger partial charge in [0, 0.05) is 25.8 Å². The zero-order valence-corrected chi connectivity index (χ0v) is 17.7. The molecule has 0 radical (unpaired) electrons. The molecule has 1 saturated heterocycles. The number of aromatic nitrogens is 3. The summed E-state index contributed by atoms with van der Waals surface area (Å²) >= 11 is 0. The van der Waals surface area contributed by atoms with Crippen molar-refractivity contribution in [1.82, 2.24) is 19.0 Å². The largest absolute Gasteiger partial charge is 0.328 e. The van der Waals surface area contributed by atoms with Crippen molar-refractivity contribution in [3.05, 3.63) is 74.7 Å². The van der Waals surface area contributed by atoms with Crippen LogP contribution in [0.1, 0.15) is 66.8 Å². The Hall–Kier alpha value is -3.22. The van der Waals surface area contributed by atoms with Crippen molar-refractivity contribution in [3.8, 4) is 0 Å². The van der Waals surface area contributed by atoms with Gasteiger partial charge in [-0.05, 0) is 49.9 Å². The van der Waals surface area contributed by atoms with Gasteiger partial charge in [-0.25, -0.2) is 4.98 Å². The molecule has 0 N–H and O–H groups in total.